The van der Waals surface area contributed by atoms with Gasteiger partial charge in [0.05, 0.1) is 12.1 Å². The van der Waals surface area contributed by atoms with Gasteiger partial charge in [0.15, 0.2) is 5.78 Å². The fourth-order valence-corrected chi connectivity index (χ4v) is 3.35. The Balaban J connectivity index is 0.00000408. The van der Waals surface area contributed by atoms with Gasteiger partial charge >= 0.3 is 6.09 Å². The normalized spacial score (nSPS) is 12.8. The maximum atomic E-state index is 13.2. The number of ketones is 1. The van der Waals surface area contributed by atoms with Crippen molar-refractivity contribution in [1.29, 1.82) is 0 Å². The highest BCUT2D eigenvalue weighted by molar-refractivity contribution is 6.00. The molecule has 2 unspecified atom stereocenters. The molecule has 2 N–H and O–H groups in total. The molecule has 0 aliphatic heterocycles. The molecule has 0 radical (unpaired) electrons. The van der Waals surface area contributed by atoms with Crippen LogP contribution in [0.1, 0.15) is 61.3 Å². The number of rotatable bonds is 6. The monoisotopic (exact) mass is 485 g/mol. The summed E-state index contributed by atoms with van der Waals surface area (Å²) in [5.41, 5.74) is 7.19. The number of halogens is 2. The molecule has 1 amide bonds. The van der Waals surface area contributed by atoms with Gasteiger partial charge in [-0.05, 0) is 75.2 Å². The van der Waals surface area contributed by atoms with Gasteiger partial charge < -0.3 is 10.5 Å². The maximum absolute atomic E-state index is 13.2. The third-order valence-corrected chi connectivity index (χ3v) is 5.05. The van der Waals surface area contributed by atoms with Crippen molar-refractivity contribution in [3.63, 3.8) is 0 Å². The van der Waals surface area contributed by atoms with E-state index in [0.29, 0.717) is 16.9 Å². The standard InChI is InChI=1S/C26H28FN3O3.ClH/c1-17(18-8-6-5-7-9-18)30(25(32)33-26(2,3)4)22-16-20(14-15-29-22)23(28)24(31)19-10-12-21(27)13-11-19;/h5-17,23H,28H2,1-4H3;1H. The number of pyridine rings is 1. The minimum Gasteiger partial charge on any atom is -0.443 e. The van der Waals surface area contributed by atoms with Gasteiger partial charge in [-0.3, -0.25) is 9.69 Å². The van der Waals surface area contributed by atoms with Gasteiger partial charge in [-0.2, -0.15) is 0 Å². The van der Waals surface area contributed by atoms with Crippen LogP contribution in [0.3, 0.4) is 0 Å². The molecule has 3 rings (SSSR count). The Morgan fingerprint density at radius 1 is 1.00 bits per heavy atom. The first-order valence-corrected chi connectivity index (χ1v) is 10.7. The van der Waals surface area contributed by atoms with Gasteiger partial charge in [0.1, 0.15) is 17.2 Å². The summed E-state index contributed by atoms with van der Waals surface area (Å²) < 4.78 is 18.9. The fraction of sp³-hybridized carbons (Fsp3) is 0.269. The molecular formula is C26H29ClFN3O3. The number of ether oxygens (including phenoxy) is 1. The Hall–Kier alpha value is -3.29. The third-order valence-electron chi connectivity index (χ3n) is 5.05. The summed E-state index contributed by atoms with van der Waals surface area (Å²) in [6, 6.07) is 16.5. The highest BCUT2D eigenvalue weighted by Crippen LogP contribution is 2.29. The summed E-state index contributed by atoms with van der Waals surface area (Å²) in [6.45, 7) is 7.24. The van der Waals surface area contributed by atoms with E-state index >= 15 is 0 Å². The van der Waals surface area contributed by atoms with Crippen molar-refractivity contribution < 1.29 is 18.7 Å². The van der Waals surface area contributed by atoms with Crippen molar-refractivity contribution in [2.75, 3.05) is 4.90 Å². The van der Waals surface area contributed by atoms with E-state index in [4.69, 9.17) is 10.5 Å². The van der Waals surface area contributed by atoms with Crippen molar-refractivity contribution in [3.8, 4) is 0 Å². The van der Waals surface area contributed by atoms with E-state index in [9.17, 15) is 14.0 Å². The van der Waals surface area contributed by atoms with Crippen LogP contribution >= 0.6 is 12.4 Å². The summed E-state index contributed by atoms with van der Waals surface area (Å²) in [5.74, 6) is -0.498. The number of amides is 1. The molecule has 2 aromatic carbocycles. The molecule has 0 bridgehead atoms. The van der Waals surface area contributed by atoms with Gasteiger partial charge in [-0.1, -0.05) is 30.3 Å². The summed E-state index contributed by atoms with van der Waals surface area (Å²) in [6.07, 6.45) is 0.930. The summed E-state index contributed by atoms with van der Waals surface area (Å²) in [4.78, 5) is 31.8. The Morgan fingerprint density at radius 2 is 1.62 bits per heavy atom. The largest absolute Gasteiger partial charge is 0.443 e. The first-order chi connectivity index (χ1) is 15.6. The highest BCUT2D eigenvalue weighted by atomic mass is 35.5. The van der Waals surface area contributed by atoms with Crippen molar-refractivity contribution in [3.05, 3.63) is 95.4 Å². The number of aromatic nitrogens is 1. The molecule has 34 heavy (non-hydrogen) atoms. The molecule has 3 aromatic rings. The maximum Gasteiger partial charge on any atom is 0.416 e. The van der Waals surface area contributed by atoms with E-state index in [0.717, 1.165) is 5.56 Å². The van der Waals surface area contributed by atoms with E-state index in [1.54, 1.807) is 32.9 Å². The Morgan fingerprint density at radius 3 is 2.21 bits per heavy atom. The van der Waals surface area contributed by atoms with Crippen LogP contribution < -0.4 is 10.6 Å². The second kappa shape index (κ2) is 11.2. The molecule has 0 saturated carbocycles. The summed E-state index contributed by atoms with van der Waals surface area (Å²) >= 11 is 0. The third kappa shape index (κ3) is 6.62. The van der Waals surface area contributed by atoms with Crippen LogP contribution in [0, 0.1) is 5.82 Å². The second-order valence-corrected chi connectivity index (χ2v) is 8.73. The van der Waals surface area contributed by atoms with Crippen molar-refractivity contribution in [1.82, 2.24) is 4.98 Å². The number of nitrogens with two attached hydrogens (primary N) is 1. The lowest BCUT2D eigenvalue weighted by atomic mass is 9.98. The minimum absolute atomic E-state index is 0. The van der Waals surface area contributed by atoms with Gasteiger partial charge in [0.25, 0.3) is 0 Å². The van der Waals surface area contributed by atoms with E-state index < -0.39 is 29.6 Å². The number of hydrogen-bond donors (Lipinski definition) is 1. The van der Waals surface area contributed by atoms with Crippen molar-refractivity contribution in [2.24, 2.45) is 5.73 Å². The molecule has 6 nitrogen and oxygen atoms in total. The van der Waals surface area contributed by atoms with Crippen LogP contribution in [0.5, 0.6) is 0 Å². The number of nitrogens with zero attached hydrogens (tertiary/aromatic N) is 2. The van der Waals surface area contributed by atoms with Gasteiger partial charge in [-0.25, -0.2) is 14.2 Å². The summed E-state index contributed by atoms with van der Waals surface area (Å²) in [7, 11) is 0. The summed E-state index contributed by atoms with van der Waals surface area (Å²) in [5, 5.41) is 0. The second-order valence-electron chi connectivity index (χ2n) is 8.73. The Kier molecular flexibility index (Phi) is 8.90. The zero-order valence-electron chi connectivity index (χ0n) is 19.6. The van der Waals surface area contributed by atoms with Gasteiger partial charge in [0, 0.05) is 11.8 Å². The molecular weight excluding hydrogens is 457 g/mol. The molecule has 0 fully saturated rings. The number of hydrogen-bond acceptors (Lipinski definition) is 5. The Labute approximate surface area is 205 Å². The van der Waals surface area contributed by atoms with Crippen LogP contribution in [0.2, 0.25) is 0 Å². The van der Waals surface area contributed by atoms with Crippen molar-refractivity contribution >= 4 is 30.1 Å². The number of Topliss-reactive ketones (excluding diaryl/α,β-unsaturated/α-hetero) is 1. The fourth-order valence-electron chi connectivity index (χ4n) is 3.35. The van der Waals surface area contributed by atoms with E-state index in [-0.39, 0.29) is 18.2 Å². The SMILES string of the molecule is CC(c1ccccc1)N(C(=O)OC(C)(C)C)c1cc(C(N)C(=O)c2ccc(F)cc2)ccn1.Cl. The quantitative estimate of drug-likeness (QED) is 0.431. The topological polar surface area (TPSA) is 85.5 Å². The lowest BCUT2D eigenvalue weighted by molar-refractivity contribution is 0.0566. The minimum atomic E-state index is -1.01. The molecule has 0 spiro atoms. The molecule has 1 heterocycles. The molecule has 0 aliphatic carbocycles. The number of anilines is 1. The first kappa shape index (κ1) is 27.0. The average Bonchev–Trinajstić information content (AvgIpc) is 2.78. The first-order valence-electron chi connectivity index (χ1n) is 10.7. The molecule has 180 valence electrons. The molecule has 0 saturated heterocycles. The highest BCUT2D eigenvalue weighted by Gasteiger charge is 2.30. The smallest absolute Gasteiger partial charge is 0.416 e. The predicted octanol–water partition coefficient (Wildman–Crippen LogP) is 6.03. The van der Waals surface area contributed by atoms with Crippen LogP contribution in [-0.4, -0.2) is 22.5 Å². The number of benzene rings is 2. The number of carbonyl (C=O) groups excluding carboxylic acids is 2. The van der Waals surface area contributed by atoms with Gasteiger partial charge in [0.2, 0.25) is 0 Å². The van der Waals surface area contributed by atoms with E-state index in [1.165, 1.54) is 35.4 Å². The van der Waals surface area contributed by atoms with E-state index in [1.807, 2.05) is 37.3 Å². The lowest BCUT2D eigenvalue weighted by Gasteiger charge is -2.31. The molecule has 2 atom stereocenters. The average molecular weight is 486 g/mol. The van der Waals surface area contributed by atoms with Crippen LogP contribution in [-0.2, 0) is 4.74 Å². The predicted molar refractivity (Wildman–Crippen MR) is 133 cm³/mol. The van der Waals surface area contributed by atoms with Crippen LogP contribution in [0.15, 0.2) is 72.9 Å². The number of carbonyl (C=O) groups is 2. The molecule has 1 aromatic heterocycles. The zero-order valence-corrected chi connectivity index (χ0v) is 20.4. The zero-order chi connectivity index (χ0) is 24.2. The van der Waals surface area contributed by atoms with Crippen LogP contribution in [0.25, 0.3) is 0 Å². The molecule has 8 heteroatoms. The van der Waals surface area contributed by atoms with E-state index in [2.05, 4.69) is 4.98 Å². The molecule has 0 aliphatic rings. The lowest BCUT2D eigenvalue weighted by Crippen LogP contribution is -2.39. The van der Waals surface area contributed by atoms with Gasteiger partial charge in [-0.15, -0.1) is 12.4 Å². The van der Waals surface area contributed by atoms with Crippen molar-refractivity contribution in [2.45, 2.75) is 45.4 Å². The van der Waals surface area contributed by atoms with Crippen LogP contribution in [0.4, 0.5) is 15.0 Å². The Bertz CT molecular complexity index is 1120.